The zero-order chi connectivity index (χ0) is 33.5. The van der Waals surface area contributed by atoms with Gasteiger partial charge in [-0.2, -0.15) is 17.3 Å². The Bertz CT molecular complexity index is 970. The number of thioether (sulfide) groups is 1. The van der Waals surface area contributed by atoms with Crippen LogP contribution in [0.3, 0.4) is 0 Å². The molecule has 3 heterocycles. The van der Waals surface area contributed by atoms with Crippen molar-refractivity contribution in [2.24, 2.45) is 11.3 Å². The second-order valence-electron chi connectivity index (χ2n) is 15.6. The van der Waals surface area contributed by atoms with E-state index in [4.69, 9.17) is 4.74 Å². The number of nitrogens with zero attached hydrogens (tertiary/aromatic N) is 1. The molecule has 4 rings (SSSR count). The maximum Gasteiger partial charge on any atom is 0.315 e. The first-order valence-electron chi connectivity index (χ1n) is 19.1. The van der Waals surface area contributed by atoms with Crippen LogP contribution in [0.25, 0.3) is 0 Å². The normalized spacial score (nSPS) is 27.4. The molecule has 0 aromatic carbocycles. The Labute approximate surface area is 289 Å². The van der Waals surface area contributed by atoms with Crippen LogP contribution < -0.4 is 26.9 Å². The third-order valence-electron chi connectivity index (χ3n) is 11.1. The molecular weight excluding hydrogens is 613 g/mol. The molecule has 11 heteroatoms. The zero-order valence-electron chi connectivity index (χ0n) is 29.8. The number of carbonyl (C=O) groups is 3. The molecule has 2 unspecified atom stereocenters. The van der Waals surface area contributed by atoms with Crippen molar-refractivity contribution in [3.05, 3.63) is 0 Å². The van der Waals surface area contributed by atoms with Crippen molar-refractivity contribution in [3.63, 3.8) is 0 Å². The number of rotatable bonds is 18. The van der Waals surface area contributed by atoms with E-state index in [0.29, 0.717) is 37.2 Å². The lowest BCUT2D eigenvalue weighted by Crippen LogP contribution is -2.60. The first-order chi connectivity index (χ1) is 22.7. The molecule has 0 spiro atoms. The molecule has 4 aliphatic rings. The monoisotopic (exact) mass is 678 g/mol. The molecule has 10 nitrogen and oxygen atoms in total. The average Bonchev–Trinajstić information content (AvgIpc) is 3.75. The molecule has 3 amide bonds. The van der Waals surface area contributed by atoms with Gasteiger partial charge in [-0.25, -0.2) is 15.2 Å². The van der Waals surface area contributed by atoms with Gasteiger partial charge in [-0.05, 0) is 69.1 Å². The Kier molecular flexibility index (Phi) is 15.9. The van der Waals surface area contributed by atoms with Crippen LogP contribution >= 0.6 is 11.8 Å². The third-order valence-corrected chi connectivity index (χ3v) is 12.6. The van der Waals surface area contributed by atoms with Gasteiger partial charge in [0.2, 0.25) is 5.91 Å². The number of hydrazine groups is 2. The number of urea groups is 1. The number of ether oxygens (including phenoxy) is 1. The van der Waals surface area contributed by atoms with Crippen LogP contribution in [0.5, 0.6) is 0 Å². The van der Waals surface area contributed by atoms with E-state index in [1.807, 2.05) is 11.8 Å². The molecule has 1 saturated carbocycles. The number of hydrogen-bond donors (Lipinski definition) is 5. The summed E-state index contributed by atoms with van der Waals surface area (Å²) >= 11 is 1.92. The van der Waals surface area contributed by atoms with E-state index >= 15 is 0 Å². The molecule has 0 aromatic heterocycles. The largest absolute Gasteiger partial charge is 0.466 e. The summed E-state index contributed by atoms with van der Waals surface area (Å²) in [6.45, 7) is 10.3. The Balaban J connectivity index is 0.957. The highest BCUT2D eigenvalue weighted by Crippen LogP contribution is 2.44. The van der Waals surface area contributed by atoms with Gasteiger partial charge in [0.15, 0.2) is 0 Å². The number of hydrogen-bond acceptors (Lipinski definition) is 8. The van der Waals surface area contributed by atoms with E-state index in [2.05, 4.69) is 52.7 Å². The molecule has 5 N–H and O–H groups in total. The highest BCUT2D eigenvalue weighted by atomic mass is 32.2. The van der Waals surface area contributed by atoms with Crippen LogP contribution in [0.4, 0.5) is 4.79 Å². The van der Waals surface area contributed by atoms with E-state index in [1.165, 1.54) is 51.4 Å². The fraction of sp³-hybridized carbons (Fsp3) is 0.917. The van der Waals surface area contributed by atoms with Gasteiger partial charge < -0.3 is 20.7 Å². The minimum Gasteiger partial charge on any atom is -0.466 e. The Morgan fingerprint density at radius 3 is 2.40 bits per heavy atom. The minimum atomic E-state index is -0.0932. The van der Waals surface area contributed by atoms with Crippen molar-refractivity contribution >= 4 is 29.7 Å². The van der Waals surface area contributed by atoms with Gasteiger partial charge in [0.25, 0.3) is 0 Å². The zero-order valence-corrected chi connectivity index (χ0v) is 30.6. The topological polar surface area (TPSA) is 124 Å². The Morgan fingerprint density at radius 1 is 0.915 bits per heavy atom. The van der Waals surface area contributed by atoms with Crippen LogP contribution in [-0.2, 0) is 14.3 Å². The van der Waals surface area contributed by atoms with Gasteiger partial charge >= 0.3 is 12.0 Å². The SMILES string of the molecule is CC(C)(C)C1(C2CCCCCCCC2)CN(CCCCCC(=O)OCCCCCNC(=O)CCCC[C@H]2SCC3NC(=O)N[C@@H]32)NN1. The van der Waals surface area contributed by atoms with Crippen LogP contribution in [0, 0.1) is 11.3 Å². The van der Waals surface area contributed by atoms with Crippen molar-refractivity contribution in [1.29, 1.82) is 0 Å². The molecule has 47 heavy (non-hydrogen) atoms. The predicted octanol–water partition coefficient (Wildman–Crippen LogP) is 5.96. The second-order valence-corrected chi connectivity index (χ2v) is 16.9. The minimum absolute atomic E-state index is 0.0465. The van der Waals surface area contributed by atoms with Gasteiger partial charge in [0.05, 0.1) is 24.2 Å². The first-order valence-corrected chi connectivity index (χ1v) is 20.1. The molecule has 1 aliphatic carbocycles. The summed E-state index contributed by atoms with van der Waals surface area (Å²) in [5, 5.41) is 11.8. The Hall–Kier alpha value is -1.56. The smallest absolute Gasteiger partial charge is 0.315 e. The van der Waals surface area contributed by atoms with Crippen molar-refractivity contribution in [3.8, 4) is 0 Å². The van der Waals surface area contributed by atoms with Crippen LogP contribution in [-0.4, -0.2) is 77.8 Å². The molecule has 3 aliphatic heterocycles. The molecule has 270 valence electrons. The van der Waals surface area contributed by atoms with E-state index in [1.54, 1.807) is 0 Å². The fourth-order valence-corrected chi connectivity index (χ4v) is 9.63. The van der Waals surface area contributed by atoms with Crippen molar-refractivity contribution in [2.45, 2.75) is 166 Å². The van der Waals surface area contributed by atoms with E-state index < -0.39 is 0 Å². The number of unbranched alkanes of at least 4 members (excludes halogenated alkanes) is 5. The summed E-state index contributed by atoms with van der Waals surface area (Å²) in [5.41, 5.74) is 7.59. The standard InChI is InChI=1S/C36H66N6O4S/c1-35(2,3)36(28-18-10-6-4-5-7-11-19-28)27-42(41-40-36)24-16-8-12-22-32(44)46-25-17-9-15-23-37-31(43)21-14-13-20-30-33-29(26-47-30)38-34(45)39-33/h28-30,33,40-41H,4-27H2,1-3H3,(H,37,43)(H2,38,39,45)/t29?,30-,33+,36?/m1/s1. The third kappa shape index (κ3) is 12.1. The summed E-state index contributed by atoms with van der Waals surface area (Å²) in [7, 11) is 0. The van der Waals surface area contributed by atoms with Crippen LogP contribution in [0.1, 0.15) is 143 Å². The molecule has 3 saturated heterocycles. The van der Waals surface area contributed by atoms with Gasteiger partial charge in [-0.3, -0.25) is 9.59 Å². The number of fused-ring (bicyclic) bond motifs is 1. The maximum atomic E-state index is 12.2. The molecule has 0 aromatic rings. The van der Waals surface area contributed by atoms with E-state index in [-0.39, 0.29) is 40.9 Å². The van der Waals surface area contributed by atoms with E-state index in [9.17, 15) is 14.4 Å². The van der Waals surface area contributed by atoms with Gasteiger partial charge in [0.1, 0.15) is 0 Å². The van der Waals surface area contributed by atoms with Crippen molar-refractivity contribution in [1.82, 2.24) is 31.9 Å². The van der Waals surface area contributed by atoms with Crippen LogP contribution in [0.15, 0.2) is 0 Å². The van der Waals surface area contributed by atoms with Gasteiger partial charge in [0, 0.05) is 43.5 Å². The number of esters is 1. The lowest BCUT2D eigenvalue weighted by atomic mass is 9.64. The summed E-state index contributed by atoms with van der Waals surface area (Å²) in [6.07, 6.45) is 20.5. The summed E-state index contributed by atoms with van der Waals surface area (Å²) < 4.78 is 5.46. The van der Waals surface area contributed by atoms with Gasteiger partial charge in [-0.15, -0.1) is 0 Å². The summed E-state index contributed by atoms with van der Waals surface area (Å²) in [4.78, 5) is 35.9. The van der Waals surface area contributed by atoms with Crippen molar-refractivity contribution in [2.75, 3.05) is 32.0 Å². The molecule has 4 fully saturated rings. The van der Waals surface area contributed by atoms with E-state index in [0.717, 1.165) is 76.6 Å². The number of carbonyl (C=O) groups excluding carboxylic acids is 3. The summed E-state index contributed by atoms with van der Waals surface area (Å²) in [5.74, 6) is 1.69. The highest BCUT2D eigenvalue weighted by molar-refractivity contribution is 8.00. The second kappa shape index (κ2) is 19.6. The molecule has 4 atom stereocenters. The quantitative estimate of drug-likeness (QED) is 0.0684. The highest BCUT2D eigenvalue weighted by Gasteiger charge is 2.51. The molecule has 0 bridgehead atoms. The van der Waals surface area contributed by atoms with Crippen LogP contribution in [0.2, 0.25) is 0 Å². The number of amides is 3. The fourth-order valence-electron chi connectivity index (χ4n) is 8.09. The lowest BCUT2D eigenvalue weighted by molar-refractivity contribution is -0.143. The average molecular weight is 679 g/mol. The predicted molar refractivity (Wildman–Crippen MR) is 191 cm³/mol. The molecular formula is C36H66N6O4S. The Morgan fingerprint density at radius 2 is 1.64 bits per heavy atom. The first kappa shape index (κ1) is 38.2. The van der Waals surface area contributed by atoms with Crippen molar-refractivity contribution < 1.29 is 19.1 Å². The molecule has 0 radical (unpaired) electrons. The number of nitrogens with one attached hydrogen (secondary N) is 5. The summed E-state index contributed by atoms with van der Waals surface area (Å²) in [6, 6.07) is 0.450. The lowest BCUT2D eigenvalue weighted by Gasteiger charge is -2.47. The van der Waals surface area contributed by atoms with Gasteiger partial charge in [-0.1, -0.05) is 72.1 Å². The maximum absolute atomic E-state index is 12.2.